The number of para-hydroxylation sites is 1. The van der Waals surface area contributed by atoms with E-state index in [1.165, 1.54) is 12.1 Å². The van der Waals surface area contributed by atoms with E-state index in [2.05, 4.69) is 4.65 Å². The Bertz CT molecular complexity index is 452. The van der Waals surface area contributed by atoms with Gasteiger partial charge in [-0.05, 0) is 39.8 Å². The van der Waals surface area contributed by atoms with Gasteiger partial charge in [0.2, 0.25) is 0 Å². The van der Waals surface area contributed by atoms with Gasteiger partial charge in [-0.2, -0.15) is 13.2 Å². The Morgan fingerprint density at radius 2 is 1.32 bits per heavy atom. The maximum atomic E-state index is 12.3. The van der Waals surface area contributed by atoms with Gasteiger partial charge >= 0.3 is 13.5 Å². The van der Waals surface area contributed by atoms with Crippen LogP contribution < -0.4 is 4.65 Å². The van der Waals surface area contributed by atoms with Crippen LogP contribution in [-0.2, 0) is 6.18 Å². The number of aliphatic hydroxyl groups is 2. The highest BCUT2D eigenvalue weighted by Gasteiger charge is 2.35. The summed E-state index contributed by atoms with van der Waals surface area (Å²) in [6.07, 6.45) is -4.58. The number of alkyl halides is 3. The van der Waals surface area contributed by atoms with E-state index in [4.69, 9.17) is 20.3 Å². The third-order valence-electron chi connectivity index (χ3n) is 2.92. The molecule has 0 unspecified atom stereocenters. The van der Waals surface area contributed by atoms with Gasteiger partial charge in [-0.15, -0.1) is 0 Å². The molecule has 9 heteroatoms. The topological polar surface area (TPSA) is 90.2 Å². The number of rotatable bonds is 3. The molecule has 4 N–H and O–H groups in total. The summed E-state index contributed by atoms with van der Waals surface area (Å²) in [5.74, 6) is -0.616. The summed E-state index contributed by atoms with van der Waals surface area (Å²) in [5.41, 5.74) is -3.06. The predicted molar refractivity (Wildman–Crippen MR) is 74.9 cm³/mol. The van der Waals surface area contributed by atoms with Crippen LogP contribution in [0.2, 0.25) is 0 Å². The zero-order valence-electron chi connectivity index (χ0n) is 12.7. The molecule has 0 bridgehead atoms. The number of hydrogen-bond donors (Lipinski definition) is 4. The first-order valence-electron chi connectivity index (χ1n) is 6.30. The Morgan fingerprint density at radius 1 is 0.909 bits per heavy atom. The van der Waals surface area contributed by atoms with Gasteiger partial charge in [0.05, 0.1) is 16.8 Å². The normalized spacial score (nSPS) is 12.3. The average molecular weight is 324 g/mol. The minimum absolute atomic E-state index is 0.616. The van der Waals surface area contributed by atoms with Crippen molar-refractivity contribution in [3.8, 4) is 5.75 Å². The standard InChI is InChI=1S/C7H6BF3O3.C6H14O2/c9-7(10,11)5-3-1-2-4-6(5)14-8(12)13;1-5(2,7)6(3,4)8/h1-4,12-13H;7-8H,1-4H3. The van der Waals surface area contributed by atoms with E-state index in [9.17, 15) is 13.2 Å². The van der Waals surface area contributed by atoms with Crippen LogP contribution >= 0.6 is 0 Å². The number of hydrogen-bond acceptors (Lipinski definition) is 5. The SMILES string of the molecule is CC(C)(O)C(C)(C)O.OB(O)Oc1ccccc1C(F)(F)F. The number of benzene rings is 1. The molecule has 0 aliphatic heterocycles. The van der Waals surface area contributed by atoms with E-state index in [0.717, 1.165) is 12.1 Å². The van der Waals surface area contributed by atoms with E-state index in [0.29, 0.717) is 0 Å². The van der Waals surface area contributed by atoms with Crippen molar-refractivity contribution in [2.75, 3.05) is 0 Å². The summed E-state index contributed by atoms with van der Waals surface area (Å²) < 4.78 is 40.9. The summed E-state index contributed by atoms with van der Waals surface area (Å²) in [4.78, 5) is 0. The Hall–Kier alpha value is -1.29. The van der Waals surface area contributed by atoms with Gasteiger partial charge in [0.25, 0.3) is 0 Å². The maximum absolute atomic E-state index is 12.3. The molecular weight excluding hydrogens is 304 g/mol. The van der Waals surface area contributed by atoms with Crippen LogP contribution in [0, 0.1) is 0 Å². The summed E-state index contributed by atoms with van der Waals surface area (Å²) in [7, 11) is -2.27. The van der Waals surface area contributed by atoms with Crippen molar-refractivity contribution >= 4 is 7.32 Å². The van der Waals surface area contributed by atoms with Crippen molar-refractivity contribution < 1.29 is 38.1 Å². The Morgan fingerprint density at radius 3 is 1.64 bits per heavy atom. The lowest BCUT2D eigenvalue weighted by molar-refractivity contribution is -0.138. The first-order valence-corrected chi connectivity index (χ1v) is 6.30. The van der Waals surface area contributed by atoms with Crippen molar-refractivity contribution in [2.45, 2.75) is 45.1 Å². The van der Waals surface area contributed by atoms with Crippen LogP contribution in [0.25, 0.3) is 0 Å². The Labute approximate surface area is 127 Å². The van der Waals surface area contributed by atoms with Crippen LogP contribution in [-0.4, -0.2) is 38.8 Å². The molecule has 1 rings (SSSR count). The molecule has 0 heterocycles. The largest absolute Gasteiger partial charge is 0.707 e. The van der Waals surface area contributed by atoms with E-state index >= 15 is 0 Å². The van der Waals surface area contributed by atoms with Crippen molar-refractivity contribution in [1.29, 1.82) is 0 Å². The average Bonchev–Trinajstić information content (AvgIpc) is 2.25. The van der Waals surface area contributed by atoms with Gasteiger partial charge in [-0.1, -0.05) is 12.1 Å². The molecule has 0 fully saturated rings. The molecule has 0 aliphatic rings. The van der Waals surface area contributed by atoms with Gasteiger partial charge < -0.3 is 24.9 Å². The van der Waals surface area contributed by atoms with Gasteiger partial charge in [0.15, 0.2) is 0 Å². The fraction of sp³-hybridized carbons (Fsp3) is 0.538. The second-order valence-electron chi connectivity index (χ2n) is 5.56. The third kappa shape index (κ3) is 7.12. The van der Waals surface area contributed by atoms with E-state index in [1.807, 2.05) is 0 Å². The number of halogens is 3. The molecule has 0 aromatic heterocycles. The molecule has 0 aliphatic carbocycles. The van der Waals surface area contributed by atoms with Crippen LogP contribution in [0.5, 0.6) is 5.75 Å². The van der Waals surface area contributed by atoms with Crippen LogP contribution in [0.3, 0.4) is 0 Å². The lowest BCUT2D eigenvalue weighted by atomic mass is 9.90. The molecule has 1 aromatic carbocycles. The summed E-state index contributed by atoms with van der Waals surface area (Å²) in [5, 5.41) is 34.9. The lowest BCUT2D eigenvalue weighted by Crippen LogP contribution is -2.44. The Balaban J connectivity index is 0.000000472. The summed E-state index contributed by atoms with van der Waals surface area (Å²) in [6.45, 7) is 6.31. The second-order valence-corrected chi connectivity index (χ2v) is 5.56. The molecular formula is C13H20BF3O5. The lowest BCUT2D eigenvalue weighted by Gasteiger charge is -2.31. The van der Waals surface area contributed by atoms with Gasteiger partial charge in [0.1, 0.15) is 5.75 Å². The molecule has 0 spiro atoms. The van der Waals surface area contributed by atoms with Crippen molar-refractivity contribution in [2.24, 2.45) is 0 Å². The first-order chi connectivity index (χ1) is 9.66. The van der Waals surface area contributed by atoms with Crippen molar-refractivity contribution in [3.05, 3.63) is 29.8 Å². The van der Waals surface area contributed by atoms with Crippen LogP contribution in [0.4, 0.5) is 13.2 Å². The summed E-state index contributed by atoms with van der Waals surface area (Å²) >= 11 is 0. The molecule has 0 atom stereocenters. The quantitative estimate of drug-likeness (QED) is 0.634. The highest BCUT2D eigenvalue weighted by molar-refractivity contribution is 6.33. The van der Waals surface area contributed by atoms with Gasteiger partial charge in [-0.3, -0.25) is 0 Å². The van der Waals surface area contributed by atoms with E-state index < -0.39 is 36.0 Å². The van der Waals surface area contributed by atoms with Crippen molar-refractivity contribution in [3.63, 3.8) is 0 Å². The molecule has 0 saturated heterocycles. The fourth-order valence-corrected chi connectivity index (χ4v) is 0.917. The highest BCUT2D eigenvalue weighted by atomic mass is 19.4. The van der Waals surface area contributed by atoms with Crippen LogP contribution in [0.15, 0.2) is 24.3 Å². The molecule has 0 amide bonds. The summed E-state index contributed by atoms with van der Waals surface area (Å²) in [6, 6.07) is 4.27. The smallest absolute Gasteiger partial charge is 0.511 e. The minimum atomic E-state index is -4.58. The Kier molecular flexibility index (Phi) is 6.89. The maximum Gasteiger partial charge on any atom is 0.707 e. The highest BCUT2D eigenvalue weighted by Crippen LogP contribution is 2.35. The monoisotopic (exact) mass is 324 g/mol. The molecule has 0 saturated carbocycles. The molecule has 5 nitrogen and oxygen atoms in total. The zero-order valence-corrected chi connectivity index (χ0v) is 12.7. The zero-order chi connectivity index (χ0) is 17.8. The molecule has 1 aromatic rings. The van der Waals surface area contributed by atoms with Crippen LogP contribution in [0.1, 0.15) is 33.3 Å². The van der Waals surface area contributed by atoms with E-state index in [-0.39, 0.29) is 0 Å². The molecule has 126 valence electrons. The fourth-order valence-electron chi connectivity index (χ4n) is 0.917. The first kappa shape index (κ1) is 20.7. The van der Waals surface area contributed by atoms with E-state index in [1.54, 1.807) is 27.7 Å². The van der Waals surface area contributed by atoms with Gasteiger partial charge in [-0.25, -0.2) is 0 Å². The van der Waals surface area contributed by atoms with Crippen molar-refractivity contribution in [1.82, 2.24) is 0 Å². The second kappa shape index (κ2) is 7.32. The predicted octanol–water partition coefficient (Wildman–Crippen LogP) is 1.58. The molecule has 22 heavy (non-hydrogen) atoms. The minimum Gasteiger partial charge on any atom is -0.511 e. The third-order valence-corrected chi connectivity index (χ3v) is 2.92. The van der Waals surface area contributed by atoms with Gasteiger partial charge in [0, 0.05) is 0 Å². The molecule has 0 radical (unpaired) electrons.